The number of hydrogen-bond acceptors (Lipinski definition) is 5. The maximum absolute atomic E-state index is 12.8. The zero-order chi connectivity index (χ0) is 22.0. The van der Waals surface area contributed by atoms with Gasteiger partial charge in [0, 0.05) is 23.4 Å². The maximum atomic E-state index is 12.8. The van der Waals surface area contributed by atoms with Crippen molar-refractivity contribution in [1.82, 2.24) is 15.2 Å². The predicted molar refractivity (Wildman–Crippen MR) is 114 cm³/mol. The number of amides is 1. The van der Waals surface area contributed by atoms with Gasteiger partial charge in [0.05, 0.1) is 31.9 Å². The molecule has 1 aromatic heterocycles. The van der Waals surface area contributed by atoms with Crippen LogP contribution in [0.3, 0.4) is 0 Å². The summed E-state index contributed by atoms with van der Waals surface area (Å²) in [7, 11) is 0. The highest BCUT2D eigenvalue weighted by Crippen LogP contribution is 2.24. The first kappa shape index (κ1) is 21.3. The topological polar surface area (TPSA) is 122 Å². The summed E-state index contributed by atoms with van der Waals surface area (Å²) in [5.41, 5.74) is 3.62. The van der Waals surface area contributed by atoms with Crippen LogP contribution in [0.4, 0.5) is 5.69 Å². The first-order valence-corrected chi connectivity index (χ1v) is 9.31. The molecule has 3 aromatic rings. The van der Waals surface area contributed by atoms with Gasteiger partial charge >= 0.3 is 0 Å². The average Bonchev–Trinajstić information content (AvgIpc) is 3.02. The second-order valence-corrected chi connectivity index (χ2v) is 7.11. The number of non-ortho nitro benzene ring substituents is 1. The third-order valence-corrected chi connectivity index (χ3v) is 5.00. The van der Waals surface area contributed by atoms with E-state index in [-0.39, 0.29) is 28.1 Å². The van der Waals surface area contributed by atoms with Crippen LogP contribution in [0, 0.1) is 17.0 Å². The van der Waals surface area contributed by atoms with Crippen LogP contribution in [-0.2, 0) is 0 Å². The van der Waals surface area contributed by atoms with E-state index in [4.69, 9.17) is 23.2 Å². The van der Waals surface area contributed by atoms with Gasteiger partial charge in [-0.15, -0.1) is 0 Å². The number of carbonyl (C=O) groups excluding carboxylic acids is 1. The standard InChI is InChI=1S/C19H15Cl2N5O4/c1-10(22-23-18(27)12-3-5-13(6-4-12)26(29)30)17-11(2)24-25(19(17)28)14-7-8-15(20)16(21)9-14/h3-9,24H,1-2H3,(H,23,27)/b22-10-. The van der Waals surface area contributed by atoms with Crippen molar-refractivity contribution in [2.75, 3.05) is 0 Å². The fourth-order valence-electron chi connectivity index (χ4n) is 2.77. The van der Waals surface area contributed by atoms with Crippen molar-refractivity contribution in [2.45, 2.75) is 13.8 Å². The molecule has 3 rings (SSSR count). The van der Waals surface area contributed by atoms with Crippen molar-refractivity contribution in [2.24, 2.45) is 5.10 Å². The molecule has 0 fully saturated rings. The fraction of sp³-hybridized carbons (Fsp3) is 0.105. The van der Waals surface area contributed by atoms with Gasteiger partial charge in [0.25, 0.3) is 17.2 Å². The molecule has 9 nitrogen and oxygen atoms in total. The highest BCUT2D eigenvalue weighted by Gasteiger charge is 2.16. The van der Waals surface area contributed by atoms with Crippen molar-refractivity contribution in [3.8, 4) is 5.69 Å². The fourth-order valence-corrected chi connectivity index (χ4v) is 3.06. The Morgan fingerprint density at radius 2 is 1.83 bits per heavy atom. The summed E-state index contributed by atoms with van der Waals surface area (Å²) in [6.45, 7) is 3.27. The van der Waals surface area contributed by atoms with Crippen LogP contribution in [-0.4, -0.2) is 26.3 Å². The number of hydrazone groups is 1. The van der Waals surface area contributed by atoms with Crippen LogP contribution < -0.4 is 11.0 Å². The summed E-state index contributed by atoms with van der Waals surface area (Å²) >= 11 is 11.9. The molecule has 0 unspecified atom stereocenters. The number of nitrogens with zero attached hydrogens (tertiary/aromatic N) is 3. The maximum Gasteiger partial charge on any atom is 0.280 e. The van der Waals surface area contributed by atoms with Gasteiger partial charge in [0.2, 0.25) is 0 Å². The van der Waals surface area contributed by atoms with E-state index in [0.717, 1.165) is 0 Å². The van der Waals surface area contributed by atoms with Crippen LogP contribution >= 0.6 is 23.2 Å². The molecule has 0 saturated heterocycles. The lowest BCUT2D eigenvalue weighted by molar-refractivity contribution is -0.384. The summed E-state index contributed by atoms with van der Waals surface area (Å²) in [5.74, 6) is -0.567. The molecule has 0 atom stereocenters. The number of halogens is 2. The van der Waals surface area contributed by atoms with E-state index < -0.39 is 10.8 Å². The van der Waals surface area contributed by atoms with Crippen LogP contribution in [0.25, 0.3) is 5.69 Å². The second kappa shape index (κ2) is 8.52. The molecule has 0 aliphatic rings. The van der Waals surface area contributed by atoms with Crippen molar-refractivity contribution < 1.29 is 9.72 Å². The SMILES string of the molecule is C/C(=N/NC(=O)c1ccc([N+](=O)[O-])cc1)c1c(C)[nH]n(-c2ccc(Cl)c(Cl)c2)c1=O. The molecular weight excluding hydrogens is 433 g/mol. The number of nitro benzene ring substituents is 1. The van der Waals surface area contributed by atoms with Gasteiger partial charge in [-0.1, -0.05) is 23.2 Å². The van der Waals surface area contributed by atoms with E-state index in [1.54, 1.807) is 32.0 Å². The minimum Gasteiger partial charge on any atom is -0.295 e. The molecule has 1 amide bonds. The number of benzene rings is 2. The zero-order valence-electron chi connectivity index (χ0n) is 15.8. The first-order valence-electron chi connectivity index (χ1n) is 8.55. The minimum absolute atomic E-state index is 0.128. The molecule has 0 aliphatic carbocycles. The summed E-state index contributed by atoms with van der Waals surface area (Å²) in [5, 5.41) is 18.3. The van der Waals surface area contributed by atoms with Gasteiger partial charge in [-0.2, -0.15) is 5.10 Å². The highest BCUT2D eigenvalue weighted by molar-refractivity contribution is 6.42. The van der Waals surface area contributed by atoms with Crippen LogP contribution in [0.5, 0.6) is 0 Å². The van der Waals surface area contributed by atoms with Crippen molar-refractivity contribution in [1.29, 1.82) is 0 Å². The summed E-state index contributed by atoms with van der Waals surface area (Å²) < 4.78 is 1.30. The molecule has 11 heteroatoms. The molecule has 0 spiro atoms. The van der Waals surface area contributed by atoms with Gasteiger partial charge in [0.15, 0.2) is 0 Å². The van der Waals surface area contributed by atoms with Gasteiger partial charge in [-0.25, -0.2) is 10.1 Å². The number of aromatic nitrogens is 2. The summed E-state index contributed by atoms with van der Waals surface area (Å²) in [6, 6.07) is 9.84. The Hall–Kier alpha value is -3.43. The quantitative estimate of drug-likeness (QED) is 0.350. The average molecular weight is 448 g/mol. The minimum atomic E-state index is -0.567. The monoisotopic (exact) mass is 447 g/mol. The Balaban J connectivity index is 1.85. The van der Waals surface area contributed by atoms with Crippen molar-refractivity contribution >= 4 is 40.5 Å². The van der Waals surface area contributed by atoms with Crippen molar-refractivity contribution in [3.63, 3.8) is 0 Å². The largest absolute Gasteiger partial charge is 0.295 e. The Labute approximate surface area is 180 Å². The number of nitrogens with one attached hydrogen (secondary N) is 2. The van der Waals surface area contributed by atoms with Crippen LogP contribution in [0.1, 0.15) is 28.5 Å². The Kier molecular flexibility index (Phi) is 6.04. The zero-order valence-corrected chi connectivity index (χ0v) is 17.3. The number of aryl methyl sites for hydroxylation is 1. The van der Waals surface area contributed by atoms with Gasteiger partial charge in [-0.05, 0) is 44.2 Å². The smallest absolute Gasteiger partial charge is 0.280 e. The number of nitro groups is 1. The van der Waals surface area contributed by atoms with Crippen LogP contribution in [0.15, 0.2) is 52.4 Å². The first-order chi connectivity index (χ1) is 14.2. The summed E-state index contributed by atoms with van der Waals surface area (Å²) in [6.07, 6.45) is 0. The molecule has 154 valence electrons. The molecule has 0 saturated carbocycles. The number of rotatable bonds is 5. The lowest BCUT2D eigenvalue weighted by Gasteiger charge is -2.03. The molecule has 2 N–H and O–H groups in total. The predicted octanol–water partition coefficient (Wildman–Crippen LogP) is 3.84. The molecule has 0 aliphatic heterocycles. The van der Waals surface area contributed by atoms with E-state index in [2.05, 4.69) is 15.6 Å². The number of aromatic amines is 1. The second-order valence-electron chi connectivity index (χ2n) is 6.29. The molecular formula is C19H15Cl2N5O4. The van der Waals surface area contributed by atoms with E-state index in [1.807, 2.05) is 0 Å². The van der Waals surface area contributed by atoms with Crippen molar-refractivity contribution in [3.05, 3.63) is 89.8 Å². The van der Waals surface area contributed by atoms with Gasteiger partial charge in [-0.3, -0.25) is 24.8 Å². The number of carbonyl (C=O) groups is 1. The normalized spacial score (nSPS) is 11.4. The van der Waals surface area contributed by atoms with Crippen LogP contribution in [0.2, 0.25) is 10.0 Å². The number of hydrogen-bond donors (Lipinski definition) is 2. The third kappa shape index (κ3) is 4.27. The lowest BCUT2D eigenvalue weighted by Crippen LogP contribution is -2.23. The Bertz CT molecular complexity index is 1230. The Morgan fingerprint density at radius 3 is 2.43 bits per heavy atom. The van der Waals surface area contributed by atoms with E-state index in [1.165, 1.54) is 28.9 Å². The molecule has 0 radical (unpaired) electrons. The van der Waals surface area contributed by atoms with Gasteiger partial charge < -0.3 is 0 Å². The lowest BCUT2D eigenvalue weighted by atomic mass is 10.2. The van der Waals surface area contributed by atoms with E-state index in [0.29, 0.717) is 21.4 Å². The number of H-pyrrole nitrogens is 1. The molecule has 2 aromatic carbocycles. The molecule has 0 bridgehead atoms. The molecule has 30 heavy (non-hydrogen) atoms. The van der Waals surface area contributed by atoms with E-state index in [9.17, 15) is 19.7 Å². The highest BCUT2D eigenvalue weighted by atomic mass is 35.5. The Morgan fingerprint density at radius 1 is 1.17 bits per heavy atom. The molecule has 1 heterocycles. The van der Waals surface area contributed by atoms with E-state index >= 15 is 0 Å². The van der Waals surface area contributed by atoms with Gasteiger partial charge in [0.1, 0.15) is 0 Å². The third-order valence-electron chi connectivity index (χ3n) is 4.26. The summed E-state index contributed by atoms with van der Waals surface area (Å²) in [4.78, 5) is 35.2.